The molecule has 0 spiro atoms. The van der Waals surface area contributed by atoms with Gasteiger partial charge in [-0.05, 0) is 40.2 Å². The van der Waals surface area contributed by atoms with Crippen LogP contribution in [-0.4, -0.2) is 46.5 Å². The summed E-state index contributed by atoms with van der Waals surface area (Å²) in [5.74, 6) is 0.409. The molecule has 2 heterocycles. The summed E-state index contributed by atoms with van der Waals surface area (Å²) >= 11 is 3.44. The number of piperazine rings is 1. The summed E-state index contributed by atoms with van der Waals surface area (Å²) in [6.45, 7) is 2.46. The van der Waals surface area contributed by atoms with Gasteiger partial charge in [-0.1, -0.05) is 24.3 Å². The Bertz CT molecular complexity index is 966. The number of imidazole rings is 1. The minimum atomic E-state index is -0.292. The molecule has 0 aliphatic carbocycles. The molecule has 1 aromatic heterocycles. The first-order chi connectivity index (χ1) is 13.1. The number of hydrogen-bond donors (Lipinski definition) is 0. The van der Waals surface area contributed by atoms with Crippen LogP contribution < -0.4 is 4.90 Å². The molecule has 1 aliphatic heterocycles. The van der Waals surface area contributed by atoms with Crippen LogP contribution in [0.5, 0.6) is 0 Å². The minimum Gasteiger partial charge on any atom is -0.338 e. The zero-order valence-corrected chi connectivity index (χ0v) is 16.1. The van der Waals surface area contributed by atoms with Crippen molar-refractivity contribution >= 4 is 27.8 Å². The highest BCUT2D eigenvalue weighted by atomic mass is 79.9. The Morgan fingerprint density at radius 2 is 1.70 bits per heavy atom. The lowest BCUT2D eigenvalue weighted by molar-refractivity contribution is 0.0745. The van der Waals surface area contributed by atoms with Crippen molar-refractivity contribution in [2.75, 3.05) is 31.1 Å². The van der Waals surface area contributed by atoms with Gasteiger partial charge in [0.05, 0.1) is 11.3 Å². The van der Waals surface area contributed by atoms with Crippen LogP contribution in [0.3, 0.4) is 0 Å². The number of halogens is 2. The number of aromatic nitrogens is 2. The van der Waals surface area contributed by atoms with Crippen LogP contribution in [0.25, 0.3) is 5.69 Å². The molecular formula is C20H18BrFN4O. The van der Waals surface area contributed by atoms with Crippen molar-refractivity contribution in [2.24, 2.45) is 0 Å². The Morgan fingerprint density at radius 3 is 2.44 bits per heavy atom. The van der Waals surface area contributed by atoms with E-state index < -0.39 is 0 Å². The van der Waals surface area contributed by atoms with Crippen molar-refractivity contribution in [3.8, 4) is 5.69 Å². The molecule has 0 atom stereocenters. The summed E-state index contributed by atoms with van der Waals surface area (Å²) in [6, 6.07) is 14.1. The second kappa shape index (κ2) is 7.52. The second-order valence-electron chi connectivity index (χ2n) is 6.31. The van der Waals surface area contributed by atoms with Crippen LogP contribution in [0.4, 0.5) is 10.3 Å². The molecule has 138 valence electrons. The number of nitrogens with zero attached hydrogens (tertiary/aromatic N) is 4. The van der Waals surface area contributed by atoms with E-state index in [1.165, 1.54) is 6.07 Å². The first kappa shape index (κ1) is 17.7. The maximum Gasteiger partial charge on any atom is 0.255 e. The Morgan fingerprint density at radius 1 is 1.00 bits per heavy atom. The molecule has 0 bridgehead atoms. The minimum absolute atomic E-state index is 0.0135. The fraction of sp³-hybridized carbons (Fsp3) is 0.200. The number of amides is 1. The molecule has 7 heteroatoms. The number of benzene rings is 2. The van der Waals surface area contributed by atoms with Gasteiger partial charge in [-0.25, -0.2) is 9.37 Å². The average molecular weight is 429 g/mol. The largest absolute Gasteiger partial charge is 0.338 e. The van der Waals surface area contributed by atoms with Gasteiger partial charge in [0.1, 0.15) is 5.82 Å². The third-order valence-electron chi connectivity index (χ3n) is 4.69. The number of hydrogen-bond acceptors (Lipinski definition) is 3. The van der Waals surface area contributed by atoms with Crippen molar-refractivity contribution in [3.63, 3.8) is 0 Å². The zero-order valence-electron chi connectivity index (χ0n) is 14.6. The molecule has 0 saturated carbocycles. The SMILES string of the molecule is O=C(c1ccccc1Br)N1CCN(c2nccn2-c2ccccc2F)CC1. The van der Waals surface area contributed by atoms with E-state index in [1.54, 1.807) is 35.2 Å². The Hall–Kier alpha value is -2.67. The maximum atomic E-state index is 14.2. The third kappa shape index (κ3) is 3.47. The molecule has 5 nitrogen and oxygen atoms in total. The summed E-state index contributed by atoms with van der Waals surface area (Å²) in [5, 5.41) is 0. The highest BCUT2D eigenvalue weighted by Gasteiger charge is 2.25. The summed E-state index contributed by atoms with van der Waals surface area (Å²) < 4.78 is 16.7. The molecule has 1 fully saturated rings. The topological polar surface area (TPSA) is 41.4 Å². The second-order valence-corrected chi connectivity index (χ2v) is 7.16. The quantitative estimate of drug-likeness (QED) is 0.637. The van der Waals surface area contributed by atoms with Crippen molar-refractivity contribution in [1.29, 1.82) is 0 Å². The van der Waals surface area contributed by atoms with E-state index in [2.05, 4.69) is 25.8 Å². The summed E-state index contributed by atoms with van der Waals surface area (Å²) in [5.41, 5.74) is 1.13. The Balaban J connectivity index is 1.50. The number of rotatable bonds is 3. The highest BCUT2D eigenvalue weighted by Crippen LogP contribution is 2.23. The fourth-order valence-corrected chi connectivity index (χ4v) is 3.73. The number of para-hydroxylation sites is 1. The lowest BCUT2D eigenvalue weighted by Crippen LogP contribution is -2.49. The number of carbonyl (C=O) groups is 1. The molecule has 3 aromatic rings. The Kier molecular flexibility index (Phi) is 4.94. The smallest absolute Gasteiger partial charge is 0.255 e. The van der Waals surface area contributed by atoms with Gasteiger partial charge in [0.25, 0.3) is 5.91 Å². The van der Waals surface area contributed by atoms with E-state index in [-0.39, 0.29) is 11.7 Å². The van der Waals surface area contributed by atoms with Crippen LogP contribution >= 0.6 is 15.9 Å². The predicted octanol–water partition coefficient (Wildman–Crippen LogP) is 3.74. The van der Waals surface area contributed by atoms with E-state index in [4.69, 9.17) is 0 Å². The van der Waals surface area contributed by atoms with E-state index in [9.17, 15) is 9.18 Å². The third-order valence-corrected chi connectivity index (χ3v) is 5.38. The van der Waals surface area contributed by atoms with Gasteiger partial charge in [0.2, 0.25) is 5.95 Å². The predicted molar refractivity (Wildman–Crippen MR) is 106 cm³/mol. The molecule has 4 rings (SSSR count). The first-order valence-electron chi connectivity index (χ1n) is 8.72. The molecule has 27 heavy (non-hydrogen) atoms. The van der Waals surface area contributed by atoms with Crippen LogP contribution in [0.1, 0.15) is 10.4 Å². The average Bonchev–Trinajstić information content (AvgIpc) is 3.18. The van der Waals surface area contributed by atoms with Crippen molar-refractivity contribution in [2.45, 2.75) is 0 Å². The molecule has 1 aliphatic rings. The first-order valence-corrected chi connectivity index (χ1v) is 9.51. The molecule has 0 unspecified atom stereocenters. The van der Waals surface area contributed by atoms with E-state index >= 15 is 0 Å². The normalized spacial score (nSPS) is 14.4. The van der Waals surface area contributed by atoms with Crippen LogP contribution in [-0.2, 0) is 0 Å². The van der Waals surface area contributed by atoms with Gasteiger partial charge in [-0.2, -0.15) is 0 Å². The monoisotopic (exact) mass is 428 g/mol. The van der Waals surface area contributed by atoms with Crippen molar-refractivity contribution in [1.82, 2.24) is 14.5 Å². The van der Waals surface area contributed by atoms with Crippen molar-refractivity contribution in [3.05, 3.63) is 76.8 Å². The molecule has 2 aromatic carbocycles. The number of carbonyl (C=O) groups excluding carboxylic acids is 1. The van der Waals surface area contributed by atoms with Crippen LogP contribution in [0.15, 0.2) is 65.4 Å². The molecule has 1 amide bonds. The van der Waals surface area contributed by atoms with Gasteiger partial charge in [-0.3, -0.25) is 9.36 Å². The van der Waals surface area contributed by atoms with Crippen LogP contribution in [0.2, 0.25) is 0 Å². The van der Waals surface area contributed by atoms with Gasteiger partial charge in [-0.15, -0.1) is 0 Å². The highest BCUT2D eigenvalue weighted by molar-refractivity contribution is 9.10. The number of anilines is 1. The molecular weight excluding hydrogens is 411 g/mol. The summed E-state index contributed by atoms with van der Waals surface area (Å²) in [6.07, 6.45) is 3.42. The standard InChI is InChI=1S/C20H18BrFN4O/c21-16-6-2-1-5-15(16)19(27)24-11-13-25(14-12-24)20-23-9-10-26(20)18-8-4-3-7-17(18)22/h1-10H,11-14H2. The summed E-state index contributed by atoms with van der Waals surface area (Å²) in [7, 11) is 0. The van der Waals surface area contributed by atoms with Gasteiger partial charge in [0.15, 0.2) is 0 Å². The summed E-state index contributed by atoms with van der Waals surface area (Å²) in [4.78, 5) is 21.1. The molecule has 0 N–H and O–H groups in total. The maximum absolute atomic E-state index is 14.2. The lowest BCUT2D eigenvalue weighted by Gasteiger charge is -2.35. The van der Waals surface area contributed by atoms with Crippen molar-refractivity contribution < 1.29 is 9.18 Å². The zero-order chi connectivity index (χ0) is 18.8. The van der Waals surface area contributed by atoms with Gasteiger partial charge < -0.3 is 9.80 Å². The molecule has 1 saturated heterocycles. The van der Waals surface area contributed by atoms with Gasteiger partial charge in [0, 0.05) is 43.0 Å². The van der Waals surface area contributed by atoms with E-state index in [0.29, 0.717) is 43.4 Å². The Labute approximate surface area is 165 Å². The van der Waals surface area contributed by atoms with Gasteiger partial charge >= 0.3 is 0 Å². The van der Waals surface area contributed by atoms with E-state index in [1.807, 2.05) is 29.2 Å². The fourth-order valence-electron chi connectivity index (χ4n) is 3.28. The van der Waals surface area contributed by atoms with E-state index in [0.717, 1.165) is 4.47 Å². The molecule has 0 radical (unpaired) electrons. The lowest BCUT2D eigenvalue weighted by atomic mass is 10.2. The van der Waals surface area contributed by atoms with Crippen LogP contribution in [0, 0.1) is 5.82 Å².